The van der Waals surface area contributed by atoms with Crippen molar-refractivity contribution < 1.29 is 10.0 Å². The van der Waals surface area contributed by atoms with E-state index in [1.807, 2.05) is 6.07 Å². The predicted molar refractivity (Wildman–Crippen MR) is 119 cm³/mol. The summed E-state index contributed by atoms with van der Waals surface area (Å²) in [5.41, 5.74) is 1.20. The number of hydrogen-bond donors (Lipinski definition) is 3. The van der Waals surface area contributed by atoms with Crippen molar-refractivity contribution in [2.24, 2.45) is 0 Å². The molecule has 166 valence electrons. The van der Waals surface area contributed by atoms with E-state index in [2.05, 4.69) is 49.8 Å². The summed E-state index contributed by atoms with van der Waals surface area (Å²) in [6.45, 7) is 2.78. The van der Waals surface area contributed by atoms with Gasteiger partial charge in [0.15, 0.2) is 0 Å². The first-order valence-electron chi connectivity index (χ1n) is 11.1. The molecule has 0 unspecified atom stereocenters. The van der Waals surface area contributed by atoms with Gasteiger partial charge in [0.25, 0.3) is 0 Å². The van der Waals surface area contributed by atoms with E-state index >= 15 is 0 Å². The molecule has 0 bridgehead atoms. The zero-order chi connectivity index (χ0) is 21.6. The maximum Gasteiger partial charge on any atom is 0.329 e. The van der Waals surface area contributed by atoms with Crippen molar-refractivity contribution in [3.05, 3.63) is 52.2 Å². The van der Waals surface area contributed by atoms with E-state index in [-0.39, 0.29) is 29.7 Å². The van der Waals surface area contributed by atoms with Crippen LogP contribution in [-0.4, -0.2) is 56.2 Å². The molecule has 2 aromatic rings. The molecule has 9 nitrogen and oxygen atoms in total. The summed E-state index contributed by atoms with van der Waals surface area (Å²) in [7, 11) is 0. The number of aliphatic hydroxyl groups excluding tert-OH is 1. The largest absolute Gasteiger partial charge is 0.393 e. The Bertz CT molecular complexity index is 865. The van der Waals surface area contributed by atoms with Crippen LogP contribution in [0.1, 0.15) is 44.1 Å². The molecule has 2 fully saturated rings. The minimum atomic E-state index is -0.437. The maximum absolute atomic E-state index is 11.5. The van der Waals surface area contributed by atoms with Crippen LogP contribution in [0, 0.1) is 10.1 Å². The fraction of sp³-hybridized carbons (Fsp3) is 0.545. The van der Waals surface area contributed by atoms with Gasteiger partial charge >= 0.3 is 5.69 Å². The molecule has 0 spiro atoms. The number of benzene rings is 1. The Hall–Kier alpha value is -2.78. The molecule has 4 rings (SSSR count). The van der Waals surface area contributed by atoms with Crippen LogP contribution in [0.25, 0.3) is 0 Å². The molecule has 2 aliphatic rings. The number of hydrogen-bond acceptors (Lipinski definition) is 8. The lowest BCUT2D eigenvalue weighted by molar-refractivity contribution is -0.384. The second kappa shape index (κ2) is 10.0. The Morgan fingerprint density at radius 3 is 2.39 bits per heavy atom. The van der Waals surface area contributed by atoms with Crippen LogP contribution in [-0.2, 0) is 6.54 Å². The molecule has 1 saturated carbocycles. The molecular formula is C22H30N6O3. The average Bonchev–Trinajstić information content (AvgIpc) is 2.77. The average molecular weight is 427 g/mol. The molecule has 0 radical (unpaired) electrons. The minimum Gasteiger partial charge on any atom is -0.393 e. The van der Waals surface area contributed by atoms with Gasteiger partial charge in [-0.1, -0.05) is 30.3 Å². The number of nitro groups is 1. The van der Waals surface area contributed by atoms with Crippen molar-refractivity contribution in [2.45, 2.75) is 63.3 Å². The van der Waals surface area contributed by atoms with Crippen LogP contribution in [0.15, 0.2) is 36.5 Å². The zero-order valence-corrected chi connectivity index (χ0v) is 17.6. The first-order valence-corrected chi connectivity index (χ1v) is 11.1. The van der Waals surface area contributed by atoms with Gasteiger partial charge in [-0.2, -0.15) is 4.98 Å². The molecule has 31 heavy (non-hydrogen) atoms. The van der Waals surface area contributed by atoms with Gasteiger partial charge < -0.3 is 15.7 Å². The first-order chi connectivity index (χ1) is 15.1. The van der Waals surface area contributed by atoms with E-state index in [0.717, 1.165) is 58.2 Å². The van der Waals surface area contributed by atoms with Gasteiger partial charge in [0.1, 0.15) is 6.20 Å². The van der Waals surface area contributed by atoms with Crippen molar-refractivity contribution >= 4 is 17.5 Å². The highest BCUT2D eigenvalue weighted by molar-refractivity contribution is 5.57. The number of aromatic nitrogens is 2. The molecule has 3 N–H and O–H groups in total. The van der Waals surface area contributed by atoms with Crippen LogP contribution >= 0.6 is 0 Å². The number of rotatable bonds is 7. The van der Waals surface area contributed by atoms with Crippen LogP contribution in [0.5, 0.6) is 0 Å². The molecule has 0 atom stereocenters. The Morgan fingerprint density at radius 2 is 1.71 bits per heavy atom. The topological polar surface area (TPSA) is 116 Å². The van der Waals surface area contributed by atoms with E-state index in [1.165, 1.54) is 11.8 Å². The highest BCUT2D eigenvalue weighted by Gasteiger charge is 2.25. The van der Waals surface area contributed by atoms with Crippen LogP contribution in [0.4, 0.5) is 17.5 Å². The summed E-state index contributed by atoms with van der Waals surface area (Å²) in [6.07, 6.45) is 6.01. The lowest BCUT2D eigenvalue weighted by Crippen LogP contribution is -2.39. The van der Waals surface area contributed by atoms with E-state index in [9.17, 15) is 15.2 Å². The number of anilines is 2. The van der Waals surface area contributed by atoms with Crippen molar-refractivity contribution in [2.75, 3.05) is 23.7 Å². The fourth-order valence-corrected chi connectivity index (χ4v) is 4.36. The lowest BCUT2D eigenvalue weighted by atomic mass is 9.93. The fourth-order valence-electron chi connectivity index (χ4n) is 4.36. The number of piperidine rings is 1. The Morgan fingerprint density at radius 1 is 1.03 bits per heavy atom. The summed E-state index contributed by atoms with van der Waals surface area (Å²) in [5.74, 6) is 0.677. The molecule has 1 aliphatic heterocycles. The lowest BCUT2D eigenvalue weighted by Gasteiger charge is -2.32. The highest BCUT2D eigenvalue weighted by atomic mass is 16.6. The van der Waals surface area contributed by atoms with Crippen LogP contribution in [0.3, 0.4) is 0 Å². The number of nitrogens with zero attached hydrogens (tertiary/aromatic N) is 4. The van der Waals surface area contributed by atoms with Crippen LogP contribution < -0.4 is 10.6 Å². The highest BCUT2D eigenvalue weighted by Crippen LogP contribution is 2.27. The quantitative estimate of drug-likeness (QED) is 0.457. The predicted octanol–water partition coefficient (Wildman–Crippen LogP) is 3.18. The van der Waals surface area contributed by atoms with E-state index < -0.39 is 4.92 Å². The Kier molecular flexibility index (Phi) is 6.93. The molecule has 1 aromatic heterocycles. The van der Waals surface area contributed by atoms with E-state index in [1.54, 1.807) is 0 Å². The smallest absolute Gasteiger partial charge is 0.329 e. The zero-order valence-electron chi connectivity index (χ0n) is 17.6. The van der Waals surface area contributed by atoms with Gasteiger partial charge in [0, 0.05) is 31.7 Å². The van der Waals surface area contributed by atoms with Crippen LogP contribution in [0.2, 0.25) is 0 Å². The third kappa shape index (κ3) is 5.89. The third-order valence-electron chi connectivity index (χ3n) is 6.17. The van der Waals surface area contributed by atoms with Gasteiger partial charge in [0.05, 0.1) is 11.0 Å². The monoisotopic (exact) mass is 426 g/mol. The second-order valence-corrected chi connectivity index (χ2v) is 8.51. The van der Waals surface area contributed by atoms with Crippen molar-refractivity contribution in [3.8, 4) is 0 Å². The van der Waals surface area contributed by atoms with Gasteiger partial charge in [-0.25, -0.2) is 4.98 Å². The van der Waals surface area contributed by atoms with E-state index in [0.29, 0.717) is 5.95 Å². The normalized spacial score (nSPS) is 22.7. The molecule has 1 aliphatic carbocycles. The first kappa shape index (κ1) is 21.5. The number of likely N-dealkylation sites (tertiary alicyclic amines) is 1. The van der Waals surface area contributed by atoms with Gasteiger partial charge in [-0.15, -0.1) is 0 Å². The van der Waals surface area contributed by atoms with Gasteiger partial charge in [-0.3, -0.25) is 15.0 Å². The molecular weight excluding hydrogens is 396 g/mol. The van der Waals surface area contributed by atoms with Gasteiger partial charge in [-0.05, 0) is 44.1 Å². The number of aliphatic hydroxyl groups is 1. The number of nitrogens with one attached hydrogen (secondary N) is 2. The SMILES string of the molecule is O=[N+]([O-])c1cnc(N[C@H]2CC[C@H](O)CC2)nc1NC1CCN(Cc2ccccc2)CC1. The molecule has 1 saturated heterocycles. The maximum atomic E-state index is 11.5. The molecule has 1 aromatic carbocycles. The second-order valence-electron chi connectivity index (χ2n) is 8.51. The Labute approximate surface area is 182 Å². The van der Waals surface area contributed by atoms with Crippen molar-refractivity contribution in [3.63, 3.8) is 0 Å². The minimum absolute atomic E-state index is 0.101. The molecule has 0 amide bonds. The summed E-state index contributed by atoms with van der Waals surface area (Å²) in [4.78, 5) is 22.0. The Balaban J connectivity index is 1.36. The summed E-state index contributed by atoms with van der Waals surface area (Å²) in [5, 5.41) is 27.7. The van der Waals surface area contributed by atoms with Crippen molar-refractivity contribution in [1.82, 2.24) is 14.9 Å². The summed E-state index contributed by atoms with van der Waals surface area (Å²) in [6, 6.07) is 10.7. The van der Waals surface area contributed by atoms with Crippen molar-refractivity contribution in [1.29, 1.82) is 0 Å². The summed E-state index contributed by atoms with van der Waals surface area (Å²) >= 11 is 0. The van der Waals surface area contributed by atoms with E-state index in [4.69, 9.17) is 0 Å². The van der Waals surface area contributed by atoms with Gasteiger partial charge in [0.2, 0.25) is 11.8 Å². The molecule has 9 heteroatoms. The summed E-state index contributed by atoms with van der Waals surface area (Å²) < 4.78 is 0. The molecule has 2 heterocycles. The third-order valence-corrected chi connectivity index (χ3v) is 6.17. The standard InChI is InChI=1S/C22H30N6O3/c29-19-8-6-17(7-9-19)25-22-23-14-20(28(30)31)21(26-22)24-18-10-12-27(13-11-18)15-16-4-2-1-3-5-16/h1-5,14,17-19,29H,6-13,15H2,(H2,23,24,25,26)/t17-,19-.